The van der Waals surface area contributed by atoms with Crippen LogP contribution in [0.25, 0.3) is 5.70 Å². The molecule has 5 rings (SSSR count). The summed E-state index contributed by atoms with van der Waals surface area (Å²) in [7, 11) is 3.48. The number of hydrogen-bond acceptors (Lipinski definition) is 8. The Kier molecular flexibility index (Phi) is 9.10. The van der Waals surface area contributed by atoms with Crippen LogP contribution in [-0.4, -0.2) is 73.9 Å². The van der Waals surface area contributed by atoms with Crippen LogP contribution in [0.3, 0.4) is 0 Å². The number of anilines is 2. The van der Waals surface area contributed by atoms with Gasteiger partial charge in [-0.2, -0.15) is 0 Å². The smallest absolute Gasteiger partial charge is 0.147 e. The van der Waals surface area contributed by atoms with E-state index < -0.39 is 0 Å². The summed E-state index contributed by atoms with van der Waals surface area (Å²) in [6.07, 6.45) is 11.2. The summed E-state index contributed by atoms with van der Waals surface area (Å²) in [4.78, 5) is 24.6. The molecule has 3 heterocycles. The third-order valence-corrected chi connectivity index (χ3v) is 7.22. The Hall–Kier alpha value is -4.44. The normalized spacial score (nSPS) is 16.2. The van der Waals surface area contributed by atoms with Gasteiger partial charge in [-0.3, -0.25) is 20.0 Å². The van der Waals surface area contributed by atoms with Crippen molar-refractivity contribution >= 4 is 41.7 Å². The van der Waals surface area contributed by atoms with Gasteiger partial charge in [0.1, 0.15) is 17.5 Å². The number of rotatable bonds is 10. The second kappa shape index (κ2) is 13.3. The lowest BCUT2D eigenvalue weighted by molar-refractivity contribution is 0.357. The van der Waals surface area contributed by atoms with Gasteiger partial charge in [-0.15, -0.1) is 0 Å². The van der Waals surface area contributed by atoms with E-state index in [9.17, 15) is 0 Å². The molecule has 1 aromatic carbocycles. The van der Waals surface area contributed by atoms with E-state index in [4.69, 9.17) is 4.99 Å². The molecule has 41 heavy (non-hydrogen) atoms. The van der Waals surface area contributed by atoms with E-state index in [2.05, 4.69) is 47.5 Å². The number of aromatic nitrogens is 2. The van der Waals surface area contributed by atoms with Crippen LogP contribution < -0.4 is 16.0 Å². The second-order valence-corrected chi connectivity index (χ2v) is 10.0. The predicted octanol–water partition coefficient (Wildman–Crippen LogP) is 4.68. The van der Waals surface area contributed by atoms with Crippen molar-refractivity contribution in [3.8, 4) is 0 Å². The van der Waals surface area contributed by atoms with Gasteiger partial charge >= 0.3 is 0 Å². The maximum absolute atomic E-state index is 15.1. The van der Waals surface area contributed by atoms with E-state index in [1.807, 2.05) is 24.4 Å². The zero-order chi connectivity index (χ0) is 28.6. The minimum Gasteiger partial charge on any atom is -0.388 e. The van der Waals surface area contributed by atoms with Gasteiger partial charge in [0.2, 0.25) is 0 Å². The van der Waals surface area contributed by atoms with E-state index >= 15 is 4.39 Å². The van der Waals surface area contributed by atoms with Crippen molar-refractivity contribution < 1.29 is 4.39 Å². The number of benzene rings is 1. The number of nitrogens with zero attached hydrogens (tertiary/aromatic N) is 6. The Morgan fingerprint density at radius 3 is 2.73 bits per heavy atom. The second-order valence-electron chi connectivity index (χ2n) is 10.0. The van der Waals surface area contributed by atoms with Crippen molar-refractivity contribution in [3.05, 3.63) is 83.1 Å². The van der Waals surface area contributed by atoms with Crippen molar-refractivity contribution in [2.24, 2.45) is 15.0 Å². The molecule has 0 amide bonds. The minimum absolute atomic E-state index is 0.343. The molecule has 2 aliphatic rings. The first-order chi connectivity index (χ1) is 20.1. The average Bonchev–Trinajstić information content (AvgIpc) is 3.85. The van der Waals surface area contributed by atoms with Crippen LogP contribution in [-0.2, 0) is 6.54 Å². The molecule has 2 fully saturated rings. The van der Waals surface area contributed by atoms with Crippen LogP contribution in [0.15, 0.2) is 70.0 Å². The maximum Gasteiger partial charge on any atom is 0.147 e. The molecule has 1 saturated heterocycles. The molecule has 0 radical (unpaired) electrons. The molecule has 3 N–H and O–H groups in total. The number of allylic oxidation sites excluding steroid dienone is 1. The molecule has 3 aromatic rings. The zero-order valence-corrected chi connectivity index (χ0v) is 23.6. The predicted molar refractivity (Wildman–Crippen MR) is 165 cm³/mol. The highest BCUT2D eigenvalue weighted by Gasteiger charge is 2.31. The molecule has 0 spiro atoms. The average molecular weight is 554 g/mol. The Balaban J connectivity index is 1.40. The lowest BCUT2D eigenvalue weighted by Gasteiger charge is -2.32. The molecule has 1 aliphatic heterocycles. The fraction of sp³-hybridized carbons (Fsp3) is 0.323. The topological polar surface area (TPSA) is 102 Å². The molecule has 0 unspecified atom stereocenters. The van der Waals surface area contributed by atoms with Gasteiger partial charge in [0.25, 0.3) is 0 Å². The number of halogens is 1. The summed E-state index contributed by atoms with van der Waals surface area (Å²) in [6.45, 7) is 7.76. The standard InChI is InChI=1S/C31H36FN9/c1-33-10-9-26(34-2)23-6-7-27(25(32)17-23)40-29-16-21(8-11-38-29)18-39-31(41-14-12-36-13-15-41)30-24(22-4-5-22)19-37-20-28(30)35-3/h6-11,16-17,19-20,22,34,36H,3-5,12-15,18H2,1-2H3,(H,38,40)/b26-9-,33-10?,39-31?. The first-order valence-corrected chi connectivity index (χ1v) is 13.9. The molecular formula is C31H36FN9. The van der Waals surface area contributed by atoms with Gasteiger partial charge in [0, 0.05) is 75.7 Å². The fourth-order valence-corrected chi connectivity index (χ4v) is 4.95. The Morgan fingerprint density at radius 2 is 2.02 bits per heavy atom. The molecular weight excluding hydrogens is 517 g/mol. The molecule has 10 heteroatoms. The SMILES string of the molecule is C=Nc1cncc(C2CC2)c1C(=NCc1ccnc(Nc2ccc(/C(=C/C=NC)NC)cc2F)c1)N1CCNCC1. The van der Waals surface area contributed by atoms with Crippen LogP contribution >= 0.6 is 0 Å². The van der Waals surface area contributed by atoms with Crippen molar-refractivity contribution in [2.75, 3.05) is 45.6 Å². The molecule has 212 valence electrons. The first kappa shape index (κ1) is 28.1. The van der Waals surface area contributed by atoms with Crippen LogP contribution in [0.5, 0.6) is 0 Å². The van der Waals surface area contributed by atoms with E-state index in [1.165, 1.54) is 11.6 Å². The third-order valence-electron chi connectivity index (χ3n) is 7.22. The molecule has 1 saturated carbocycles. The summed E-state index contributed by atoms with van der Waals surface area (Å²) < 4.78 is 15.1. The molecule has 9 nitrogen and oxygen atoms in total. The van der Waals surface area contributed by atoms with E-state index in [-0.39, 0.29) is 5.82 Å². The minimum atomic E-state index is -0.377. The number of pyridine rings is 2. The monoisotopic (exact) mass is 553 g/mol. The van der Waals surface area contributed by atoms with Gasteiger partial charge in [-0.25, -0.2) is 9.37 Å². The van der Waals surface area contributed by atoms with Gasteiger partial charge < -0.3 is 20.9 Å². The van der Waals surface area contributed by atoms with Gasteiger partial charge in [-0.05, 0) is 66.9 Å². The molecule has 0 atom stereocenters. The molecule has 0 bridgehead atoms. The van der Waals surface area contributed by atoms with Crippen LogP contribution in [0.4, 0.5) is 21.6 Å². The fourth-order valence-electron chi connectivity index (χ4n) is 4.95. The number of nitrogens with one attached hydrogen (secondary N) is 3. The van der Waals surface area contributed by atoms with E-state index in [0.717, 1.165) is 72.9 Å². The number of amidine groups is 1. The maximum atomic E-state index is 15.1. The summed E-state index contributed by atoms with van der Waals surface area (Å²) in [5.41, 5.74) is 5.80. The summed E-state index contributed by atoms with van der Waals surface area (Å²) >= 11 is 0. The summed E-state index contributed by atoms with van der Waals surface area (Å²) in [5.74, 6) is 1.59. The highest BCUT2D eigenvalue weighted by Crippen LogP contribution is 2.43. The van der Waals surface area contributed by atoms with Crippen molar-refractivity contribution in [2.45, 2.75) is 25.3 Å². The lowest BCUT2D eigenvalue weighted by atomic mass is 10.0. The van der Waals surface area contributed by atoms with Gasteiger partial charge in [0.05, 0.1) is 24.1 Å². The quantitative estimate of drug-likeness (QED) is 0.249. The molecule has 2 aromatic heterocycles. The highest BCUT2D eigenvalue weighted by molar-refractivity contribution is 6.04. The number of piperazine rings is 1. The largest absolute Gasteiger partial charge is 0.388 e. The first-order valence-electron chi connectivity index (χ1n) is 13.9. The summed E-state index contributed by atoms with van der Waals surface area (Å²) in [5, 5.41) is 9.62. The van der Waals surface area contributed by atoms with Crippen LogP contribution in [0.1, 0.15) is 41.0 Å². The third kappa shape index (κ3) is 6.83. The Morgan fingerprint density at radius 1 is 1.20 bits per heavy atom. The Labute approximate surface area is 240 Å². The molecule has 1 aliphatic carbocycles. The van der Waals surface area contributed by atoms with Crippen molar-refractivity contribution in [3.63, 3.8) is 0 Å². The lowest BCUT2D eigenvalue weighted by Crippen LogP contribution is -2.47. The van der Waals surface area contributed by atoms with Gasteiger partial charge in [0.15, 0.2) is 0 Å². The number of hydrogen-bond donors (Lipinski definition) is 3. The number of aliphatic imine (C=N–C) groups is 3. The van der Waals surface area contributed by atoms with Crippen LogP contribution in [0, 0.1) is 5.82 Å². The van der Waals surface area contributed by atoms with Crippen LogP contribution in [0.2, 0.25) is 0 Å². The van der Waals surface area contributed by atoms with Gasteiger partial charge in [-0.1, -0.05) is 6.07 Å². The highest BCUT2D eigenvalue weighted by atomic mass is 19.1. The van der Waals surface area contributed by atoms with Crippen molar-refractivity contribution in [1.29, 1.82) is 0 Å². The van der Waals surface area contributed by atoms with E-state index in [1.54, 1.807) is 44.8 Å². The Bertz CT molecular complexity index is 1470. The summed E-state index contributed by atoms with van der Waals surface area (Å²) in [6, 6.07) is 8.89. The van der Waals surface area contributed by atoms with Crippen molar-refractivity contribution in [1.82, 2.24) is 25.5 Å². The zero-order valence-electron chi connectivity index (χ0n) is 23.6. The van der Waals surface area contributed by atoms with E-state index in [0.29, 0.717) is 24.0 Å².